The van der Waals surface area contributed by atoms with Crippen molar-refractivity contribution in [1.82, 2.24) is 4.90 Å². The molecule has 5 unspecified atom stereocenters. The molecule has 3 saturated heterocycles. The number of carboxylic acid groups (broad SMARTS) is 1. The highest BCUT2D eigenvalue weighted by atomic mass is 32.2. The minimum atomic E-state index is -0.573. The molecule has 4 heteroatoms. The first-order valence-electron chi connectivity index (χ1n) is 6.28. The highest BCUT2D eigenvalue weighted by molar-refractivity contribution is 8.00. The molecule has 0 aromatic heterocycles. The summed E-state index contributed by atoms with van der Waals surface area (Å²) in [4.78, 5) is 13.7. The van der Waals surface area contributed by atoms with Gasteiger partial charge in [0.05, 0.1) is 5.92 Å². The Hall–Kier alpha value is -0.220. The van der Waals surface area contributed by atoms with Gasteiger partial charge in [0.25, 0.3) is 0 Å². The van der Waals surface area contributed by atoms with Gasteiger partial charge in [0, 0.05) is 29.1 Å². The molecule has 0 aliphatic carbocycles. The largest absolute Gasteiger partial charge is 0.481 e. The molecule has 0 amide bonds. The number of rotatable bonds is 2. The van der Waals surface area contributed by atoms with Gasteiger partial charge in [-0.25, -0.2) is 0 Å². The van der Waals surface area contributed by atoms with Gasteiger partial charge in [0.1, 0.15) is 0 Å². The summed E-state index contributed by atoms with van der Waals surface area (Å²) in [5.74, 6) is 0.552. The molecule has 3 aliphatic rings. The van der Waals surface area contributed by atoms with E-state index in [0.717, 1.165) is 18.1 Å². The molecule has 3 aliphatic heterocycles. The first-order valence-corrected chi connectivity index (χ1v) is 7.33. The molecule has 0 aromatic carbocycles. The number of hydrogen-bond donors (Lipinski definition) is 1. The number of hydrogen-bond acceptors (Lipinski definition) is 3. The zero-order valence-corrected chi connectivity index (χ0v) is 10.4. The molecule has 0 saturated carbocycles. The summed E-state index contributed by atoms with van der Waals surface area (Å²) < 4.78 is 0. The van der Waals surface area contributed by atoms with E-state index in [1.165, 1.54) is 18.6 Å². The summed E-state index contributed by atoms with van der Waals surface area (Å²) in [6, 6.07) is 1.57. The normalized spacial score (nSPS) is 47.7. The number of aliphatic carboxylic acids is 1. The van der Waals surface area contributed by atoms with Crippen LogP contribution in [0, 0.1) is 5.92 Å². The third-order valence-corrected chi connectivity index (χ3v) is 5.85. The van der Waals surface area contributed by atoms with Crippen LogP contribution in [0.25, 0.3) is 0 Å². The highest BCUT2D eigenvalue weighted by Crippen LogP contribution is 2.46. The van der Waals surface area contributed by atoms with E-state index >= 15 is 0 Å². The molecule has 90 valence electrons. The van der Waals surface area contributed by atoms with Crippen molar-refractivity contribution in [3.8, 4) is 0 Å². The summed E-state index contributed by atoms with van der Waals surface area (Å²) in [5, 5.41) is 9.97. The lowest BCUT2D eigenvalue weighted by Gasteiger charge is -2.29. The fraction of sp³-hybridized carbons (Fsp3) is 0.917. The fourth-order valence-electron chi connectivity index (χ4n) is 3.87. The second-order valence-corrected chi connectivity index (χ2v) is 6.93. The topological polar surface area (TPSA) is 40.5 Å². The van der Waals surface area contributed by atoms with Crippen molar-refractivity contribution in [1.29, 1.82) is 0 Å². The van der Waals surface area contributed by atoms with Crippen molar-refractivity contribution < 1.29 is 9.90 Å². The molecule has 3 fully saturated rings. The van der Waals surface area contributed by atoms with Crippen molar-refractivity contribution in [2.45, 2.75) is 56.0 Å². The van der Waals surface area contributed by atoms with Gasteiger partial charge in [-0.05, 0) is 25.7 Å². The van der Waals surface area contributed by atoms with E-state index in [1.54, 1.807) is 0 Å². The van der Waals surface area contributed by atoms with E-state index < -0.39 is 5.97 Å². The van der Waals surface area contributed by atoms with Crippen LogP contribution in [0.2, 0.25) is 0 Å². The molecule has 0 spiro atoms. The average molecular weight is 241 g/mol. The molecule has 16 heavy (non-hydrogen) atoms. The Morgan fingerprint density at radius 2 is 2.12 bits per heavy atom. The smallest absolute Gasteiger partial charge is 0.308 e. The average Bonchev–Trinajstić information content (AvgIpc) is 2.89. The lowest BCUT2D eigenvalue weighted by Crippen LogP contribution is -2.41. The van der Waals surface area contributed by atoms with Crippen molar-refractivity contribution in [3.05, 3.63) is 0 Å². The number of thioether (sulfide) groups is 1. The van der Waals surface area contributed by atoms with Crippen molar-refractivity contribution in [2.24, 2.45) is 5.92 Å². The maximum atomic E-state index is 11.2. The van der Waals surface area contributed by atoms with Crippen LogP contribution in [0.15, 0.2) is 0 Å². The minimum Gasteiger partial charge on any atom is -0.481 e. The number of nitrogens with zero attached hydrogens (tertiary/aromatic N) is 1. The van der Waals surface area contributed by atoms with Crippen molar-refractivity contribution in [2.75, 3.05) is 5.75 Å². The van der Waals surface area contributed by atoms with Gasteiger partial charge in [-0.1, -0.05) is 6.92 Å². The van der Waals surface area contributed by atoms with Gasteiger partial charge in [0.15, 0.2) is 0 Å². The third kappa shape index (κ3) is 1.58. The van der Waals surface area contributed by atoms with Crippen LogP contribution in [0.1, 0.15) is 32.6 Å². The van der Waals surface area contributed by atoms with Gasteiger partial charge >= 0.3 is 5.97 Å². The van der Waals surface area contributed by atoms with Crippen LogP contribution in [-0.2, 0) is 4.79 Å². The van der Waals surface area contributed by atoms with E-state index in [4.69, 9.17) is 0 Å². The van der Waals surface area contributed by atoms with Gasteiger partial charge in [-0.15, -0.1) is 0 Å². The molecule has 0 radical (unpaired) electrons. The summed E-state index contributed by atoms with van der Waals surface area (Å²) in [6.07, 6.45) is 4.49. The molecule has 3 rings (SSSR count). The van der Waals surface area contributed by atoms with Gasteiger partial charge in [-0.2, -0.15) is 11.8 Å². The summed E-state index contributed by atoms with van der Waals surface area (Å²) in [6.45, 7) is 2.29. The summed E-state index contributed by atoms with van der Waals surface area (Å²) in [5.41, 5.74) is 0. The highest BCUT2D eigenvalue weighted by Gasteiger charge is 2.52. The molecule has 1 N–H and O–H groups in total. The Morgan fingerprint density at radius 1 is 1.31 bits per heavy atom. The number of fused-ring (bicyclic) bond motifs is 2. The molecule has 3 nitrogen and oxygen atoms in total. The first-order chi connectivity index (χ1) is 7.66. The Bertz CT molecular complexity index is 309. The Labute approximate surface area is 101 Å². The molecule has 2 bridgehead atoms. The lowest BCUT2D eigenvalue weighted by molar-refractivity contribution is -0.142. The predicted molar refractivity (Wildman–Crippen MR) is 64.7 cm³/mol. The Morgan fingerprint density at radius 3 is 2.69 bits per heavy atom. The summed E-state index contributed by atoms with van der Waals surface area (Å²) in [7, 11) is 0. The van der Waals surface area contributed by atoms with Gasteiger partial charge in [0.2, 0.25) is 0 Å². The zero-order chi connectivity index (χ0) is 11.3. The van der Waals surface area contributed by atoms with Crippen LogP contribution in [0.4, 0.5) is 0 Å². The minimum absolute atomic E-state index is 0.0837. The molecule has 0 aromatic rings. The molecular weight excluding hydrogens is 222 g/mol. The molecule has 3 heterocycles. The maximum Gasteiger partial charge on any atom is 0.308 e. The van der Waals surface area contributed by atoms with Crippen LogP contribution in [0.3, 0.4) is 0 Å². The van der Waals surface area contributed by atoms with Crippen LogP contribution in [-0.4, -0.2) is 45.1 Å². The van der Waals surface area contributed by atoms with E-state index in [2.05, 4.69) is 11.8 Å². The molecule has 5 atom stereocenters. The standard InChI is InChI=1S/C12H19NO2S/c1-7-4-9(6-16-7)13-8-2-3-11(13)10(5-8)12(14)15/h7-11H,2-6H2,1H3,(H,14,15). The molecular formula is C12H19NO2S. The maximum absolute atomic E-state index is 11.2. The SMILES string of the molecule is CC1CC(N2C3CCC2C(C(=O)O)C3)CS1. The first kappa shape index (κ1) is 10.9. The van der Waals surface area contributed by atoms with Crippen LogP contribution >= 0.6 is 11.8 Å². The van der Waals surface area contributed by atoms with E-state index in [-0.39, 0.29) is 5.92 Å². The van der Waals surface area contributed by atoms with E-state index in [1.807, 2.05) is 11.8 Å². The Kier molecular flexibility index (Phi) is 2.67. The zero-order valence-electron chi connectivity index (χ0n) is 9.63. The Balaban J connectivity index is 1.75. The monoisotopic (exact) mass is 241 g/mol. The van der Waals surface area contributed by atoms with Crippen molar-refractivity contribution in [3.63, 3.8) is 0 Å². The van der Waals surface area contributed by atoms with Crippen LogP contribution < -0.4 is 0 Å². The van der Waals surface area contributed by atoms with E-state index in [9.17, 15) is 9.90 Å². The van der Waals surface area contributed by atoms with Gasteiger partial charge in [-0.3, -0.25) is 9.69 Å². The van der Waals surface area contributed by atoms with Crippen LogP contribution in [0.5, 0.6) is 0 Å². The fourth-order valence-corrected chi connectivity index (χ4v) is 5.08. The third-order valence-electron chi connectivity index (χ3n) is 4.51. The second-order valence-electron chi connectivity index (χ2n) is 5.46. The van der Waals surface area contributed by atoms with Gasteiger partial charge < -0.3 is 5.11 Å². The van der Waals surface area contributed by atoms with Crippen molar-refractivity contribution >= 4 is 17.7 Å². The van der Waals surface area contributed by atoms with E-state index in [0.29, 0.717) is 18.1 Å². The summed E-state index contributed by atoms with van der Waals surface area (Å²) >= 11 is 2.04. The predicted octanol–water partition coefficient (Wildman–Crippen LogP) is 1.82. The quantitative estimate of drug-likeness (QED) is 0.800. The number of carboxylic acids is 1. The number of carbonyl (C=O) groups is 1. The lowest BCUT2D eigenvalue weighted by atomic mass is 9.89. The second kappa shape index (κ2) is 3.91.